The number of benzene rings is 1. The van der Waals surface area contributed by atoms with Crippen molar-refractivity contribution in [3.8, 4) is 0 Å². The summed E-state index contributed by atoms with van der Waals surface area (Å²) in [6.45, 7) is 1.96. The van der Waals surface area contributed by atoms with Gasteiger partial charge in [-0.15, -0.1) is 0 Å². The Morgan fingerprint density at radius 3 is 2.91 bits per heavy atom. The monoisotopic (exact) mass is 307 g/mol. The maximum atomic E-state index is 11.3. The fourth-order valence-electron chi connectivity index (χ4n) is 2.43. The molecule has 0 radical (unpaired) electrons. The third-order valence-electron chi connectivity index (χ3n) is 3.40. The van der Waals surface area contributed by atoms with Gasteiger partial charge >= 0.3 is 0 Å². The summed E-state index contributed by atoms with van der Waals surface area (Å²) in [5, 5.41) is 2.79. The van der Waals surface area contributed by atoms with Crippen LogP contribution in [0.3, 0.4) is 0 Å². The van der Waals surface area contributed by atoms with E-state index in [1.807, 2.05) is 41.3 Å². The average Bonchev–Trinajstić information content (AvgIpc) is 2.55. The van der Waals surface area contributed by atoms with Crippen LogP contribution in [-0.4, -0.2) is 23.3 Å². The molecule has 1 aliphatic heterocycles. The number of nitrogens with one attached hydrogen (secondary N) is 1. The van der Waals surface area contributed by atoms with E-state index in [9.17, 15) is 4.79 Å². The SMILES string of the molecule is CC(=O)Nc1cccc(N2CC(N)=NC=C2c2cccnc2)c1. The predicted octanol–water partition coefficient (Wildman–Crippen LogP) is 2.22. The van der Waals surface area contributed by atoms with Crippen LogP contribution in [0.25, 0.3) is 5.70 Å². The quantitative estimate of drug-likeness (QED) is 0.910. The van der Waals surface area contributed by atoms with E-state index in [-0.39, 0.29) is 5.91 Å². The van der Waals surface area contributed by atoms with Crippen molar-refractivity contribution in [2.75, 3.05) is 16.8 Å². The minimum absolute atomic E-state index is 0.107. The lowest BCUT2D eigenvalue weighted by atomic mass is 10.1. The van der Waals surface area contributed by atoms with Crippen molar-refractivity contribution in [1.82, 2.24) is 4.98 Å². The van der Waals surface area contributed by atoms with Crippen molar-refractivity contribution >= 4 is 28.8 Å². The second kappa shape index (κ2) is 6.31. The van der Waals surface area contributed by atoms with Gasteiger partial charge < -0.3 is 16.0 Å². The third kappa shape index (κ3) is 3.37. The van der Waals surface area contributed by atoms with E-state index >= 15 is 0 Å². The molecule has 0 spiro atoms. The number of hydrogen-bond acceptors (Lipinski definition) is 5. The van der Waals surface area contributed by atoms with Gasteiger partial charge in [0.15, 0.2) is 0 Å². The van der Waals surface area contributed by atoms with Crippen LogP contribution < -0.4 is 16.0 Å². The summed E-state index contributed by atoms with van der Waals surface area (Å²) in [6, 6.07) is 11.5. The molecule has 3 N–H and O–H groups in total. The van der Waals surface area contributed by atoms with Crippen molar-refractivity contribution in [3.05, 3.63) is 60.6 Å². The molecule has 6 nitrogen and oxygen atoms in total. The van der Waals surface area contributed by atoms with E-state index in [0.717, 1.165) is 22.6 Å². The molecule has 0 unspecified atom stereocenters. The van der Waals surface area contributed by atoms with E-state index in [1.165, 1.54) is 6.92 Å². The van der Waals surface area contributed by atoms with Crippen LogP contribution in [0.5, 0.6) is 0 Å². The smallest absolute Gasteiger partial charge is 0.221 e. The van der Waals surface area contributed by atoms with Gasteiger partial charge in [-0.1, -0.05) is 6.07 Å². The minimum atomic E-state index is -0.107. The first-order valence-electron chi connectivity index (χ1n) is 7.21. The maximum absolute atomic E-state index is 11.3. The molecule has 0 fully saturated rings. The van der Waals surface area contributed by atoms with Gasteiger partial charge in [0.05, 0.1) is 18.4 Å². The Morgan fingerprint density at radius 2 is 2.17 bits per heavy atom. The summed E-state index contributed by atoms with van der Waals surface area (Å²) >= 11 is 0. The number of amidine groups is 1. The molecular formula is C17H17N5O. The number of aliphatic imine (C=N–C) groups is 1. The number of pyridine rings is 1. The number of nitrogens with two attached hydrogens (primary N) is 1. The van der Waals surface area contributed by atoms with Crippen LogP contribution in [-0.2, 0) is 4.79 Å². The molecule has 3 rings (SSSR count). The normalized spacial score (nSPS) is 14.0. The predicted molar refractivity (Wildman–Crippen MR) is 91.9 cm³/mol. The minimum Gasteiger partial charge on any atom is -0.386 e. The van der Waals surface area contributed by atoms with E-state index in [2.05, 4.69) is 15.3 Å². The molecular weight excluding hydrogens is 290 g/mol. The van der Waals surface area contributed by atoms with Crippen molar-refractivity contribution in [3.63, 3.8) is 0 Å². The lowest BCUT2D eigenvalue weighted by molar-refractivity contribution is -0.114. The van der Waals surface area contributed by atoms with E-state index < -0.39 is 0 Å². The molecule has 0 saturated carbocycles. The maximum Gasteiger partial charge on any atom is 0.221 e. The molecule has 1 aliphatic rings. The van der Waals surface area contributed by atoms with Crippen molar-refractivity contribution in [1.29, 1.82) is 0 Å². The summed E-state index contributed by atoms with van der Waals surface area (Å²) in [7, 11) is 0. The molecule has 0 saturated heterocycles. The number of carbonyl (C=O) groups is 1. The van der Waals surface area contributed by atoms with Gasteiger partial charge in [-0.2, -0.15) is 0 Å². The standard InChI is InChI=1S/C17H17N5O/c1-12(23)21-14-5-2-6-15(8-14)22-11-17(18)20-10-16(22)13-4-3-7-19-9-13/h2-10H,11H2,1H3,(H2,18,20)(H,21,23). The molecule has 0 atom stereocenters. The fourth-order valence-corrected chi connectivity index (χ4v) is 2.43. The highest BCUT2D eigenvalue weighted by Crippen LogP contribution is 2.29. The summed E-state index contributed by atoms with van der Waals surface area (Å²) < 4.78 is 0. The number of aromatic nitrogens is 1. The number of nitrogens with zero attached hydrogens (tertiary/aromatic N) is 3. The highest BCUT2D eigenvalue weighted by atomic mass is 16.1. The zero-order chi connectivity index (χ0) is 16.2. The second-order valence-electron chi connectivity index (χ2n) is 5.19. The Kier molecular flexibility index (Phi) is 4.05. The van der Waals surface area contributed by atoms with Crippen molar-refractivity contribution < 1.29 is 4.79 Å². The van der Waals surface area contributed by atoms with Crippen LogP contribution in [0.1, 0.15) is 12.5 Å². The van der Waals surface area contributed by atoms with Gasteiger partial charge in [0, 0.05) is 36.3 Å². The third-order valence-corrected chi connectivity index (χ3v) is 3.40. The average molecular weight is 307 g/mol. The van der Waals surface area contributed by atoms with Gasteiger partial charge in [0.25, 0.3) is 0 Å². The molecule has 2 aromatic rings. The first kappa shape index (κ1) is 14.8. The van der Waals surface area contributed by atoms with Gasteiger partial charge in [-0.25, -0.2) is 4.99 Å². The summed E-state index contributed by atoms with van der Waals surface area (Å²) in [5.41, 5.74) is 9.42. The molecule has 1 amide bonds. The van der Waals surface area contributed by atoms with Gasteiger partial charge in [-0.05, 0) is 30.3 Å². The van der Waals surface area contributed by atoms with Crippen LogP contribution in [0.2, 0.25) is 0 Å². The second-order valence-corrected chi connectivity index (χ2v) is 5.19. The summed E-state index contributed by atoms with van der Waals surface area (Å²) in [5.74, 6) is 0.424. The largest absolute Gasteiger partial charge is 0.386 e. The van der Waals surface area contributed by atoms with Crippen LogP contribution in [0, 0.1) is 0 Å². The lowest BCUT2D eigenvalue weighted by Crippen LogP contribution is -2.35. The van der Waals surface area contributed by atoms with Crippen LogP contribution in [0.4, 0.5) is 11.4 Å². The van der Waals surface area contributed by atoms with Crippen LogP contribution >= 0.6 is 0 Å². The molecule has 0 aliphatic carbocycles. The molecule has 1 aromatic heterocycles. The fraction of sp³-hybridized carbons (Fsp3) is 0.118. The van der Waals surface area contributed by atoms with Crippen molar-refractivity contribution in [2.45, 2.75) is 6.92 Å². The highest BCUT2D eigenvalue weighted by Gasteiger charge is 2.19. The van der Waals surface area contributed by atoms with E-state index in [4.69, 9.17) is 5.73 Å². The number of rotatable bonds is 3. The first-order valence-corrected chi connectivity index (χ1v) is 7.21. The zero-order valence-electron chi connectivity index (χ0n) is 12.7. The Morgan fingerprint density at radius 1 is 1.30 bits per heavy atom. The van der Waals surface area contributed by atoms with Crippen LogP contribution in [0.15, 0.2) is 60.0 Å². The molecule has 23 heavy (non-hydrogen) atoms. The Bertz CT molecular complexity index is 783. The van der Waals surface area contributed by atoms with Gasteiger partial charge in [0.2, 0.25) is 5.91 Å². The topological polar surface area (TPSA) is 83.6 Å². The van der Waals surface area contributed by atoms with E-state index in [0.29, 0.717) is 12.4 Å². The lowest BCUT2D eigenvalue weighted by Gasteiger charge is -2.29. The number of anilines is 2. The number of amides is 1. The molecule has 0 bridgehead atoms. The zero-order valence-corrected chi connectivity index (χ0v) is 12.7. The molecule has 6 heteroatoms. The van der Waals surface area contributed by atoms with Gasteiger partial charge in [0.1, 0.15) is 5.84 Å². The number of carbonyl (C=O) groups excluding carboxylic acids is 1. The molecule has 2 heterocycles. The summed E-state index contributed by atoms with van der Waals surface area (Å²) in [4.78, 5) is 21.7. The number of hydrogen-bond donors (Lipinski definition) is 2. The van der Waals surface area contributed by atoms with Crippen molar-refractivity contribution in [2.24, 2.45) is 10.7 Å². The highest BCUT2D eigenvalue weighted by molar-refractivity contribution is 5.96. The Balaban J connectivity index is 1.99. The van der Waals surface area contributed by atoms with E-state index in [1.54, 1.807) is 18.6 Å². The first-order chi connectivity index (χ1) is 11.1. The molecule has 116 valence electrons. The van der Waals surface area contributed by atoms with Gasteiger partial charge in [-0.3, -0.25) is 9.78 Å². The molecule has 1 aromatic carbocycles. The Labute approximate surface area is 134 Å². The Hall–Kier alpha value is -3.15. The summed E-state index contributed by atoms with van der Waals surface area (Å²) in [6.07, 6.45) is 5.25.